The fraction of sp³-hybridized carbons (Fsp3) is 0.700. The van der Waals surface area contributed by atoms with Gasteiger partial charge in [0.15, 0.2) is 0 Å². The van der Waals surface area contributed by atoms with Crippen molar-refractivity contribution in [3.05, 3.63) is 34.9 Å². The van der Waals surface area contributed by atoms with Crippen LogP contribution in [0.25, 0.3) is 0 Å². The van der Waals surface area contributed by atoms with E-state index in [-0.39, 0.29) is 0 Å². The molecule has 0 aromatic heterocycles. The van der Waals surface area contributed by atoms with E-state index < -0.39 is 0 Å². The molecule has 0 saturated heterocycles. The fourth-order valence-electron chi connectivity index (χ4n) is 3.93. The Bertz CT molecular complexity index is 431. The Morgan fingerprint density at radius 2 is 1.67 bits per heavy atom. The highest BCUT2D eigenvalue weighted by atomic mass is 14.9. The zero-order valence-corrected chi connectivity index (χ0v) is 14.6. The van der Waals surface area contributed by atoms with Crippen molar-refractivity contribution in [2.45, 2.75) is 72.8 Å². The largest absolute Gasteiger partial charge is 0.314 e. The number of likely N-dealkylation sites (N-methyl/N-ethyl adjacent to an activating group) is 1. The van der Waals surface area contributed by atoms with Gasteiger partial charge in [0.05, 0.1) is 0 Å². The molecule has 0 spiro atoms. The average Bonchev–Trinajstić information content (AvgIpc) is 2.37. The predicted octanol–water partition coefficient (Wildman–Crippen LogP) is 5.04. The summed E-state index contributed by atoms with van der Waals surface area (Å²) >= 11 is 0. The molecule has 1 aromatic carbocycles. The van der Waals surface area contributed by atoms with Crippen molar-refractivity contribution < 1.29 is 0 Å². The van der Waals surface area contributed by atoms with E-state index in [4.69, 9.17) is 0 Å². The van der Waals surface area contributed by atoms with Crippen molar-refractivity contribution in [1.82, 2.24) is 5.32 Å². The van der Waals surface area contributed by atoms with Crippen LogP contribution in [0.5, 0.6) is 0 Å². The Kier molecular flexibility index (Phi) is 5.48. The van der Waals surface area contributed by atoms with Crippen molar-refractivity contribution in [1.29, 1.82) is 0 Å². The molecular formula is C20H33N. The Hall–Kier alpha value is -0.820. The first-order valence-electron chi connectivity index (χ1n) is 8.70. The third-order valence-corrected chi connectivity index (χ3v) is 5.16. The van der Waals surface area contributed by atoms with E-state index in [1.807, 2.05) is 0 Å². The van der Waals surface area contributed by atoms with Gasteiger partial charge in [-0.15, -0.1) is 0 Å². The van der Waals surface area contributed by atoms with E-state index in [1.165, 1.54) is 48.8 Å². The lowest BCUT2D eigenvalue weighted by Gasteiger charge is -2.38. The van der Waals surface area contributed by atoms with Gasteiger partial charge in [-0.1, -0.05) is 50.1 Å². The minimum Gasteiger partial charge on any atom is -0.314 e. The van der Waals surface area contributed by atoms with Gasteiger partial charge in [-0.3, -0.25) is 0 Å². The number of nitrogens with one attached hydrogen (secondary N) is 1. The Labute approximate surface area is 131 Å². The van der Waals surface area contributed by atoms with Gasteiger partial charge in [0.2, 0.25) is 0 Å². The van der Waals surface area contributed by atoms with Crippen LogP contribution in [-0.4, -0.2) is 12.6 Å². The van der Waals surface area contributed by atoms with Gasteiger partial charge >= 0.3 is 0 Å². The molecule has 0 amide bonds. The lowest BCUT2D eigenvalue weighted by Crippen LogP contribution is -2.40. The van der Waals surface area contributed by atoms with Gasteiger partial charge in [0.1, 0.15) is 0 Å². The van der Waals surface area contributed by atoms with Gasteiger partial charge in [-0.05, 0) is 69.4 Å². The SMILES string of the molecule is CCNC(Cc1cc(C)cc(C)c1)C1CCC(C)(C)CC1. The first-order chi connectivity index (χ1) is 9.89. The van der Waals surface area contributed by atoms with Crippen LogP contribution in [0.4, 0.5) is 0 Å². The maximum atomic E-state index is 3.77. The van der Waals surface area contributed by atoms with Crippen LogP contribution in [0.1, 0.15) is 63.1 Å². The van der Waals surface area contributed by atoms with Crippen molar-refractivity contribution in [2.75, 3.05) is 6.54 Å². The van der Waals surface area contributed by atoms with E-state index in [0.29, 0.717) is 11.5 Å². The summed E-state index contributed by atoms with van der Waals surface area (Å²) in [5.41, 5.74) is 4.85. The zero-order chi connectivity index (χ0) is 15.5. The zero-order valence-electron chi connectivity index (χ0n) is 14.6. The second-order valence-corrected chi connectivity index (χ2v) is 7.87. The first kappa shape index (κ1) is 16.5. The molecule has 2 rings (SSSR count). The summed E-state index contributed by atoms with van der Waals surface area (Å²) in [5, 5.41) is 3.77. The summed E-state index contributed by atoms with van der Waals surface area (Å²) in [5.74, 6) is 0.846. The first-order valence-corrected chi connectivity index (χ1v) is 8.70. The predicted molar refractivity (Wildman–Crippen MR) is 92.8 cm³/mol. The summed E-state index contributed by atoms with van der Waals surface area (Å²) in [6, 6.07) is 7.65. The second kappa shape index (κ2) is 6.96. The lowest BCUT2D eigenvalue weighted by atomic mass is 9.70. The van der Waals surface area contributed by atoms with Crippen molar-refractivity contribution in [2.24, 2.45) is 11.3 Å². The maximum Gasteiger partial charge on any atom is 0.0136 e. The number of benzene rings is 1. The van der Waals surface area contributed by atoms with E-state index in [9.17, 15) is 0 Å². The number of hydrogen-bond acceptors (Lipinski definition) is 1. The van der Waals surface area contributed by atoms with Crippen LogP contribution in [0, 0.1) is 25.2 Å². The molecule has 1 saturated carbocycles. The Balaban J connectivity index is 2.05. The normalized spacial score (nSPS) is 20.4. The maximum absolute atomic E-state index is 3.77. The molecule has 1 N–H and O–H groups in total. The molecular weight excluding hydrogens is 254 g/mol. The Morgan fingerprint density at radius 3 is 2.19 bits per heavy atom. The highest BCUT2D eigenvalue weighted by Crippen LogP contribution is 2.39. The molecule has 0 radical (unpaired) electrons. The molecule has 1 fully saturated rings. The summed E-state index contributed by atoms with van der Waals surface area (Å²) in [6.07, 6.45) is 6.71. The van der Waals surface area contributed by atoms with Gasteiger partial charge in [-0.2, -0.15) is 0 Å². The Morgan fingerprint density at radius 1 is 1.10 bits per heavy atom. The van der Waals surface area contributed by atoms with Crippen LogP contribution < -0.4 is 5.32 Å². The molecule has 0 aliphatic heterocycles. The smallest absolute Gasteiger partial charge is 0.0136 e. The summed E-state index contributed by atoms with van der Waals surface area (Å²) < 4.78 is 0. The molecule has 1 aromatic rings. The number of rotatable bonds is 5. The standard InChI is InChI=1S/C20H33N/c1-6-21-19(18-7-9-20(4,5)10-8-18)14-17-12-15(2)11-16(3)13-17/h11-13,18-19,21H,6-10,14H2,1-5H3. The fourth-order valence-corrected chi connectivity index (χ4v) is 3.93. The monoisotopic (exact) mass is 287 g/mol. The molecule has 21 heavy (non-hydrogen) atoms. The van der Waals surface area contributed by atoms with E-state index >= 15 is 0 Å². The van der Waals surface area contributed by atoms with Gasteiger partial charge in [0.25, 0.3) is 0 Å². The molecule has 1 heteroatoms. The van der Waals surface area contributed by atoms with Crippen molar-refractivity contribution >= 4 is 0 Å². The molecule has 0 heterocycles. The average molecular weight is 287 g/mol. The molecule has 1 aliphatic rings. The van der Waals surface area contributed by atoms with E-state index in [1.54, 1.807) is 0 Å². The third-order valence-electron chi connectivity index (χ3n) is 5.16. The molecule has 0 bridgehead atoms. The van der Waals surface area contributed by atoms with Crippen molar-refractivity contribution in [3.8, 4) is 0 Å². The van der Waals surface area contributed by atoms with Gasteiger partial charge in [-0.25, -0.2) is 0 Å². The number of aryl methyl sites for hydroxylation is 2. The van der Waals surface area contributed by atoms with Crippen LogP contribution >= 0.6 is 0 Å². The molecule has 1 nitrogen and oxygen atoms in total. The summed E-state index contributed by atoms with van der Waals surface area (Å²) in [6.45, 7) is 12.6. The van der Waals surface area contributed by atoms with E-state index in [2.05, 4.69) is 58.1 Å². The van der Waals surface area contributed by atoms with Crippen LogP contribution in [0.15, 0.2) is 18.2 Å². The molecule has 1 atom stereocenters. The summed E-state index contributed by atoms with van der Waals surface area (Å²) in [4.78, 5) is 0. The van der Waals surface area contributed by atoms with Gasteiger partial charge in [0, 0.05) is 6.04 Å². The van der Waals surface area contributed by atoms with Crippen LogP contribution in [0.3, 0.4) is 0 Å². The van der Waals surface area contributed by atoms with Crippen LogP contribution in [-0.2, 0) is 6.42 Å². The third kappa shape index (κ3) is 4.85. The van der Waals surface area contributed by atoms with Crippen molar-refractivity contribution in [3.63, 3.8) is 0 Å². The second-order valence-electron chi connectivity index (χ2n) is 7.87. The van der Waals surface area contributed by atoms with Gasteiger partial charge < -0.3 is 5.32 Å². The number of hydrogen-bond donors (Lipinski definition) is 1. The lowest BCUT2D eigenvalue weighted by molar-refractivity contribution is 0.161. The quantitative estimate of drug-likeness (QED) is 0.800. The van der Waals surface area contributed by atoms with Crippen LogP contribution in [0.2, 0.25) is 0 Å². The van der Waals surface area contributed by atoms with E-state index in [0.717, 1.165) is 12.5 Å². The molecule has 118 valence electrons. The minimum absolute atomic E-state index is 0.563. The summed E-state index contributed by atoms with van der Waals surface area (Å²) in [7, 11) is 0. The highest BCUT2D eigenvalue weighted by Gasteiger charge is 2.31. The minimum atomic E-state index is 0.563. The molecule has 1 unspecified atom stereocenters. The molecule has 1 aliphatic carbocycles. The highest BCUT2D eigenvalue weighted by molar-refractivity contribution is 5.29. The topological polar surface area (TPSA) is 12.0 Å².